The van der Waals surface area contributed by atoms with Gasteiger partial charge in [0.25, 0.3) is 5.91 Å². The van der Waals surface area contributed by atoms with E-state index in [9.17, 15) is 14.7 Å². The molecule has 1 N–H and O–H groups in total. The van der Waals surface area contributed by atoms with Gasteiger partial charge in [-0.25, -0.2) is 9.69 Å². The number of imide groups is 1. The van der Waals surface area contributed by atoms with Crippen molar-refractivity contribution in [3.8, 4) is 0 Å². The van der Waals surface area contributed by atoms with Gasteiger partial charge in [0.05, 0.1) is 11.8 Å². The molecule has 2 heterocycles. The number of amides is 3. The molecule has 0 aromatic heterocycles. The van der Waals surface area contributed by atoms with Crippen molar-refractivity contribution < 1.29 is 14.7 Å². The number of urea groups is 1. The van der Waals surface area contributed by atoms with Gasteiger partial charge in [-0.1, -0.05) is 23.2 Å². The van der Waals surface area contributed by atoms with E-state index >= 15 is 0 Å². The second kappa shape index (κ2) is 4.37. The number of carbonyl (C=O) groups is 2. The van der Waals surface area contributed by atoms with Crippen LogP contribution in [0.1, 0.15) is 6.42 Å². The van der Waals surface area contributed by atoms with Crippen LogP contribution in [0.3, 0.4) is 0 Å². The molecular weight excluding hydrogens is 291 g/mol. The minimum atomic E-state index is -0.636. The Morgan fingerprint density at radius 2 is 1.79 bits per heavy atom. The number of anilines is 1. The quantitative estimate of drug-likeness (QED) is 0.806. The van der Waals surface area contributed by atoms with Gasteiger partial charge in [-0.3, -0.25) is 4.79 Å². The maximum atomic E-state index is 12.2. The van der Waals surface area contributed by atoms with E-state index in [2.05, 4.69) is 0 Å². The largest absolute Gasteiger partial charge is 0.391 e. The smallest absolute Gasteiger partial charge is 0.332 e. The summed E-state index contributed by atoms with van der Waals surface area (Å²) in [6.45, 7) is 0.181. The molecule has 2 unspecified atom stereocenters. The van der Waals surface area contributed by atoms with E-state index in [1.807, 2.05) is 0 Å². The van der Waals surface area contributed by atoms with E-state index in [0.29, 0.717) is 15.7 Å². The third-order valence-electron chi connectivity index (χ3n) is 3.33. The fourth-order valence-corrected chi connectivity index (χ4v) is 3.05. The lowest BCUT2D eigenvalue weighted by Gasteiger charge is -2.16. The molecule has 1 aromatic carbocycles. The van der Waals surface area contributed by atoms with Gasteiger partial charge < -0.3 is 10.0 Å². The van der Waals surface area contributed by atoms with Gasteiger partial charge in [0.2, 0.25) is 0 Å². The van der Waals surface area contributed by atoms with Crippen LogP contribution in [0.15, 0.2) is 18.2 Å². The van der Waals surface area contributed by atoms with E-state index < -0.39 is 18.2 Å². The van der Waals surface area contributed by atoms with E-state index in [1.165, 1.54) is 23.1 Å². The highest BCUT2D eigenvalue weighted by Gasteiger charge is 2.50. The molecule has 7 heteroatoms. The minimum Gasteiger partial charge on any atom is -0.391 e. The Hall–Kier alpha value is -1.30. The average molecular weight is 301 g/mol. The average Bonchev–Trinajstić information content (AvgIpc) is 2.78. The number of rotatable bonds is 1. The Balaban J connectivity index is 1.98. The van der Waals surface area contributed by atoms with E-state index in [-0.39, 0.29) is 18.9 Å². The number of aliphatic hydroxyl groups excluding tert-OH is 1. The summed E-state index contributed by atoms with van der Waals surface area (Å²) in [7, 11) is 0. The number of nitrogens with zero attached hydrogens (tertiary/aromatic N) is 2. The summed E-state index contributed by atoms with van der Waals surface area (Å²) < 4.78 is 0. The maximum Gasteiger partial charge on any atom is 0.332 e. The third kappa shape index (κ3) is 1.98. The van der Waals surface area contributed by atoms with Crippen LogP contribution in [0, 0.1) is 0 Å². The SMILES string of the molecule is O=C1C2CC(O)CN2C(=O)N1c1cc(Cl)cc(Cl)c1. The predicted octanol–water partition coefficient (Wildman–Crippen LogP) is 1.90. The Labute approximate surface area is 119 Å². The lowest BCUT2D eigenvalue weighted by molar-refractivity contribution is -0.119. The van der Waals surface area contributed by atoms with Crippen molar-refractivity contribution in [2.45, 2.75) is 18.6 Å². The summed E-state index contributed by atoms with van der Waals surface area (Å²) in [6, 6.07) is 3.54. The van der Waals surface area contributed by atoms with Crippen molar-refractivity contribution in [2.75, 3.05) is 11.4 Å². The molecule has 3 amide bonds. The fraction of sp³-hybridized carbons (Fsp3) is 0.333. The van der Waals surface area contributed by atoms with Crippen molar-refractivity contribution in [3.05, 3.63) is 28.2 Å². The normalized spacial score (nSPS) is 26.3. The van der Waals surface area contributed by atoms with Gasteiger partial charge in [-0.2, -0.15) is 0 Å². The number of aliphatic hydroxyl groups is 1. The molecule has 100 valence electrons. The van der Waals surface area contributed by atoms with Crippen molar-refractivity contribution in [2.24, 2.45) is 0 Å². The molecule has 0 radical (unpaired) electrons. The maximum absolute atomic E-state index is 12.2. The van der Waals surface area contributed by atoms with Gasteiger partial charge in [-0.15, -0.1) is 0 Å². The Kier molecular flexibility index (Phi) is 2.92. The Morgan fingerprint density at radius 3 is 2.37 bits per heavy atom. The molecule has 2 fully saturated rings. The monoisotopic (exact) mass is 300 g/mol. The number of hydrogen-bond acceptors (Lipinski definition) is 3. The Bertz CT molecular complexity index is 534. The minimum absolute atomic E-state index is 0.181. The number of carbonyl (C=O) groups excluding carboxylic acids is 2. The van der Waals surface area contributed by atoms with Crippen LogP contribution in [-0.2, 0) is 4.79 Å². The molecule has 0 aliphatic carbocycles. The first-order valence-corrected chi connectivity index (χ1v) is 6.51. The van der Waals surface area contributed by atoms with Crippen LogP contribution in [0.25, 0.3) is 0 Å². The molecule has 2 saturated heterocycles. The zero-order valence-corrected chi connectivity index (χ0v) is 11.2. The summed E-state index contributed by atoms with van der Waals surface area (Å²) in [4.78, 5) is 26.9. The molecular formula is C12H10Cl2N2O3. The zero-order chi connectivity index (χ0) is 13.7. The third-order valence-corrected chi connectivity index (χ3v) is 3.76. The lowest BCUT2D eigenvalue weighted by atomic mass is 10.2. The highest BCUT2D eigenvalue weighted by molar-refractivity contribution is 6.35. The summed E-state index contributed by atoms with van der Waals surface area (Å²) in [5.41, 5.74) is 0.358. The van der Waals surface area contributed by atoms with E-state index in [4.69, 9.17) is 23.2 Å². The molecule has 2 aliphatic rings. The van der Waals surface area contributed by atoms with Crippen molar-refractivity contribution in [1.29, 1.82) is 0 Å². The fourth-order valence-electron chi connectivity index (χ4n) is 2.54. The predicted molar refractivity (Wildman–Crippen MR) is 70.5 cm³/mol. The Morgan fingerprint density at radius 1 is 1.16 bits per heavy atom. The summed E-state index contributed by atoms with van der Waals surface area (Å²) >= 11 is 11.8. The van der Waals surface area contributed by atoms with Crippen LogP contribution >= 0.6 is 23.2 Å². The second-order valence-corrected chi connectivity index (χ2v) is 5.51. The summed E-state index contributed by atoms with van der Waals surface area (Å²) in [5.74, 6) is -0.347. The van der Waals surface area contributed by atoms with Crippen LogP contribution in [0.2, 0.25) is 10.0 Å². The molecule has 3 rings (SSSR count). The number of fused-ring (bicyclic) bond motifs is 1. The van der Waals surface area contributed by atoms with Gasteiger partial charge in [0.1, 0.15) is 6.04 Å². The molecule has 0 spiro atoms. The van der Waals surface area contributed by atoms with Crippen LogP contribution in [-0.4, -0.2) is 40.6 Å². The van der Waals surface area contributed by atoms with Gasteiger partial charge in [-0.05, 0) is 18.2 Å². The molecule has 19 heavy (non-hydrogen) atoms. The number of benzene rings is 1. The van der Waals surface area contributed by atoms with E-state index in [0.717, 1.165) is 4.90 Å². The molecule has 0 bridgehead atoms. The van der Waals surface area contributed by atoms with Crippen LogP contribution in [0.5, 0.6) is 0 Å². The van der Waals surface area contributed by atoms with Crippen molar-refractivity contribution >= 4 is 40.8 Å². The molecule has 1 aromatic rings. The summed E-state index contributed by atoms with van der Waals surface area (Å²) in [6.07, 6.45) is -0.363. The molecule has 5 nitrogen and oxygen atoms in total. The topological polar surface area (TPSA) is 60.9 Å². The highest BCUT2D eigenvalue weighted by atomic mass is 35.5. The molecule has 2 aliphatic heterocycles. The van der Waals surface area contributed by atoms with Crippen molar-refractivity contribution in [1.82, 2.24) is 4.90 Å². The molecule has 0 saturated carbocycles. The van der Waals surface area contributed by atoms with Crippen LogP contribution in [0.4, 0.5) is 10.5 Å². The lowest BCUT2D eigenvalue weighted by Crippen LogP contribution is -2.35. The first kappa shape index (κ1) is 12.7. The van der Waals surface area contributed by atoms with Gasteiger partial charge >= 0.3 is 6.03 Å². The van der Waals surface area contributed by atoms with E-state index in [1.54, 1.807) is 0 Å². The number of halogens is 2. The van der Waals surface area contributed by atoms with Crippen LogP contribution < -0.4 is 4.90 Å². The number of hydrogen-bond donors (Lipinski definition) is 1. The zero-order valence-electron chi connectivity index (χ0n) is 9.72. The van der Waals surface area contributed by atoms with Crippen molar-refractivity contribution in [3.63, 3.8) is 0 Å². The standard InChI is InChI=1S/C12H10Cl2N2O3/c13-6-1-7(14)3-8(2-6)16-11(18)10-4-9(17)5-15(10)12(16)19/h1-3,9-10,17H,4-5H2. The van der Waals surface area contributed by atoms with Gasteiger partial charge in [0, 0.05) is 23.0 Å². The highest BCUT2D eigenvalue weighted by Crippen LogP contribution is 2.34. The first-order chi connectivity index (χ1) is 8.97. The molecule has 2 atom stereocenters. The van der Waals surface area contributed by atoms with Gasteiger partial charge in [0.15, 0.2) is 0 Å². The first-order valence-electron chi connectivity index (χ1n) is 5.76. The summed E-state index contributed by atoms with van der Waals surface area (Å²) in [5, 5.41) is 10.2. The second-order valence-electron chi connectivity index (χ2n) is 4.64.